The fourth-order valence-corrected chi connectivity index (χ4v) is 3.00. The van der Waals surface area contributed by atoms with Crippen molar-refractivity contribution < 1.29 is 14.3 Å². The van der Waals surface area contributed by atoms with E-state index < -0.39 is 17.5 Å². The molecule has 1 aliphatic heterocycles. The highest BCUT2D eigenvalue weighted by Gasteiger charge is 2.49. The first kappa shape index (κ1) is 17.2. The van der Waals surface area contributed by atoms with Gasteiger partial charge >= 0.3 is 6.03 Å². The molecule has 25 heavy (non-hydrogen) atoms. The lowest BCUT2D eigenvalue weighted by molar-refractivity contribution is -0.131. The van der Waals surface area contributed by atoms with Gasteiger partial charge in [-0.2, -0.15) is 5.10 Å². The van der Waals surface area contributed by atoms with Crippen molar-refractivity contribution in [1.29, 1.82) is 0 Å². The lowest BCUT2D eigenvalue weighted by atomic mass is 9.92. The number of hydrazone groups is 1. The number of nitrogens with zero attached hydrogens (tertiary/aromatic N) is 2. The smallest absolute Gasteiger partial charge is 0.346 e. The van der Waals surface area contributed by atoms with Gasteiger partial charge in [0.25, 0.3) is 5.91 Å². The Balaban J connectivity index is 1.91. The minimum absolute atomic E-state index is 0.436. The van der Waals surface area contributed by atoms with Crippen LogP contribution < -0.4 is 10.1 Å². The third-order valence-corrected chi connectivity index (χ3v) is 4.52. The Labute approximate surface area is 153 Å². The molecule has 0 bridgehead atoms. The molecular weight excluding hydrogens is 386 g/mol. The summed E-state index contributed by atoms with van der Waals surface area (Å²) in [6, 6.07) is 13.9. The van der Waals surface area contributed by atoms with Crippen LogP contribution in [0.5, 0.6) is 5.75 Å². The van der Waals surface area contributed by atoms with E-state index in [1.165, 1.54) is 6.21 Å². The number of halogens is 1. The summed E-state index contributed by atoms with van der Waals surface area (Å²) in [5.41, 5.74) is 0.203. The first-order valence-electron chi connectivity index (χ1n) is 7.55. The Hall–Kier alpha value is -2.67. The molecule has 1 heterocycles. The first-order valence-corrected chi connectivity index (χ1v) is 8.35. The fraction of sp³-hybridized carbons (Fsp3) is 0.167. The van der Waals surface area contributed by atoms with Crippen molar-refractivity contribution in [3.05, 3.63) is 64.1 Å². The topological polar surface area (TPSA) is 71.0 Å². The summed E-state index contributed by atoms with van der Waals surface area (Å²) in [5.74, 6) is 0.152. The molecule has 128 valence electrons. The van der Waals surface area contributed by atoms with Gasteiger partial charge in [-0.05, 0) is 30.7 Å². The average molecular weight is 402 g/mol. The molecule has 0 spiro atoms. The number of ether oxygens (including phenoxy) is 1. The summed E-state index contributed by atoms with van der Waals surface area (Å²) in [5, 5.41) is 7.62. The molecule has 0 aliphatic carbocycles. The van der Waals surface area contributed by atoms with E-state index in [9.17, 15) is 9.59 Å². The van der Waals surface area contributed by atoms with Crippen molar-refractivity contribution >= 4 is 34.1 Å². The second-order valence-corrected chi connectivity index (χ2v) is 6.58. The largest absolute Gasteiger partial charge is 0.496 e. The maximum Gasteiger partial charge on any atom is 0.346 e. The standard InChI is InChI=1S/C18H16BrN3O3/c1-18(13-6-4-3-5-7-13)16(23)22(17(24)21-18)20-11-12-10-14(19)8-9-15(12)25-2/h3-11H,1-2H3,(H,21,24)/b20-11-/t18-/m1/s1. The van der Waals surface area contributed by atoms with Crippen molar-refractivity contribution in [2.75, 3.05) is 7.11 Å². The van der Waals surface area contributed by atoms with Gasteiger partial charge in [0.05, 0.1) is 13.3 Å². The number of methoxy groups -OCH3 is 1. The Morgan fingerprint density at radius 1 is 1.20 bits per heavy atom. The molecule has 1 atom stereocenters. The normalized spacial score (nSPS) is 20.2. The summed E-state index contributed by atoms with van der Waals surface area (Å²) in [6.45, 7) is 1.66. The molecule has 2 aromatic carbocycles. The van der Waals surface area contributed by atoms with Crippen LogP contribution in [0.1, 0.15) is 18.1 Å². The zero-order valence-electron chi connectivity index (χ0n) is 13.7. The molecule has 1 aliphatic rings. The van der Waals surface area contributed by atoms with Crippen LogP contribution >= 0.6 is 15.9 Å². The van der Waals surface area contributed by atoms with Crippen LogP contribution in [-0.2, 0) is 10.3 Å². The van der Waals surface area contributed by atoms with Gasteiger partial charge in [-0.3, -0.25) is 4.79 Å². The zero-order valence-corrected chi connectivity index (χ0v) is 15.3. The summed E-state index contributed by atoms with van der Waals surface area (Å²) < 4.78 is 6.10. The van der Waals surface area contributed by atoms with E-state index in [2.05, 4.69) is 26.3 Å². The quantitative estimate of drug-likeness (QED) is 0.631. The molecule has 2 aromatic rings. The second-order valence-electron chi connectivity index (χ2n) is 5.67. The van der Waals surface area contributed by atoms with Crippen LogP contribution in [0.15, 0.2) is 58.1 Å². The summed E-state index contributed by atoms with van der Waals surface area (Å²) in [7, 11) is 1.54. The maximum absolute atomic E-state index is 12.8. The predicted octanol–water partition coefficient (Wildman–Crippen LogP) is 3.26. The highest BCUT2D eigenvalue weighted by Crippen LogP contribution is 2.29. The molecule has 3 amide bonds. The van der Waals surface area contributed by atoms with Crippen molar-refractivity contribution in [3.63, 3.8) is 0 Å². The second kappa shape index (κ2) is 6.68. The number of carbonyl (C=O) groups is 2. The number of carbonyl (C=O) groups excluding carboxylic acids is 2. The lowest BCUT2D eigenvalue weighted by Crippen LogP contribution is -2.40. The van der Waals surface area contributed by atoms with Gasteiger partial charge in [-0.25, -0.2) is 4.79 Å². The number of urea groups is 1. The van der Waals surface area contributed by atoms with Crippen LogP contribution in [0.2, 0.25) is 0 Å². The maximum atomic E-state index is 12.8. The monoisotopic (exact) mass is 401 g/mol. The van der Waals surface area contributed by atoms with Crippen LogP contribution in [0.4, 0.5) is 4.79 Å². The highest BCUT2D eigenvalue weighted by molar-refractivity contribution is 9.10. The Kier molecular flexibility index (Phi) is 4.59. The molecule has 0 aromatic heterocycles. The van der Waals surface area contributed by atoms with Crippen molar-refractivity contribution in [3.8, 4) is 5.75 Å². The van der Waals surface area contributed by atoms with Crippen LogP contribution in [-0.4, -0.2) is 30.3 Å². The van der Waals surface area contributed by atoms with Crippen LogP contribution in [0, 0.1) is 0 Å². The molecule has 0 unspecified atom stereocenters. The molecule has 7 heteroatoms. The Morgan fingerprint density at radius 2 is 1.92 bits per heavy atom. The highest BCUT2D eigenvalue weighted by atomic mass is 79.9. The summed E-state index contributed by atoms with van der Waals surface area (Å²) in [6.07, 6.45) is 1.43. The first-order chi connectivity index (χ1) is 12.0. The Bertz CT molecular complexity index is 854. The molecule has 3 rings (SSSR count). The third-order valence-electron chi connectivity index (χ3n) is 4.02. The van der Waals surface area contributed by atoms with Crippen molar-refractivity contribution in [2.24, 2.45) is 5.10 Å². The summed E-state index contributed by atoms with van der Waals surface area (Å²) in [4.78, 5) is 25.0. The number of nitrogens with one attached hydrogen (secondary N) is 1. The minimum Gasteiger partial charge on any atom is -0.496 e. The summed E-state index contributed by atoms with van der Waals surface area (Å²) >= 11 is 3.37. The lowest BCUT2D eigenvalue weighted by Gasteiger charge is -2.20. The van der Waals surface area contributed by atoms with E-state index in [-0.39, 0.29) is 0 Å². The molecule has 1 saturated heterocycles. The van der Waals surface area contributed by atoms with E-state index in [1.807, 2.05) is 24.3 Å². The third kappa shape index (κ3) is 3.15. The van der Waals surface area contributed by atoms with Crippen LogP contribution in [0.3, 0.4) is 0 Å². The molecule has 1 fully saturated rings. The predicted molar refractivity (Wildman–Crippen MR) is 97.5 cm³/mol. The van der Waals surface area contributed by atoms with E-state index in [0.29, 0.717) is 16.9 Å². The van der Waals surface area contributed by atoms with Gasteiger partial charge in [0.2, 0.25) is 0 Å². The van der Waals surface area contributed by atoms with Gasteiger partial charge < -0.3 is 10.1 Å². The zero-order chi connectivity index (χ0) is 18.0. The van der Waals surface area contributed by atoms with Crippen molar-refractivity contribution in [1.82, 2.24) is 10.3 Å². The molecule has 1 N–H and O–H groups in total. The van der Waals surface area contributed by atoms with Gasteiger partial charge in [0, 0.05) is 10.0 Å². The van der Waals surface area contributed by atoms with Gasteiger partial charge in [-0.15, -0.1) is 5.01 Å². The molecule has 0 saturated carbocycles. The van der Waals surface area contributed by atoms with E-state index >= 15 is 0 Å². The minimum atomic E-state index is -1.14. The fourth-order valence-electron chi connectivity index (χ4n) is 2.62. The number of amides is 3. The van der Waals surface area contributed by atoms with Crippen molar-refractivity contribution in [2.45, 2.75) is 12.5 Å². The van der Waals surface area contributed by atoms with Gasteiger partial charge in [0.15, 0.2) is 0 Å². The van der Waals surface area contributed by atoms with Gasteiger partial charge in [-0.1, -0.05) is 46.3 Å². The molecular formula is C18H16BrN3O3. The molecule has 0 radical (unpaired) electrons. The number of hydrogen-bond acceptors (Lipinski definition) is 4. The number of benzene rings is 2. The molecule has 6 nitrogen and oxygen atoms in total. The van der Waals surface area contributed by atoms with E-state index in [1.54, 1.807) is 38.3 Å². The number of rotatable bonds is 4. The SMILES string of the molecule is COc1ccc(Br)cc1/C=N\N1C(=O)N[C@](C)(c2ccccc2)C1=O. The number of imide groups is 1. The van der Waals surface area contributed by atoms with E-state index in [0.717, 1.165) is 9.48 Å². The van der Waals surface area contributed by atoms with E-state index in [4.69, 9.17) is 4.74 Å². The Morgan fingerprint density at radius 3 is 2.60 bits per heavy atom. The number of hydrogen-bond donors (Lipinski definition) is 1. The van der Waals surface area contributed by atoms with Crippen LogP contribution in [0.25, 0.3) is 0 Å². The van der Waals surface area contributed by atoms with Gasteiger partial charge in [0.1, 0.15) is 11.3 Å². The average Bonchev–Trinajstić information content (AvgIpc) is 2.84.